The summed E-state index contributed by atoms with van der Waals surface area (Å²) in [5, 5.41) is 9.52. The van der Waals surface area contributed by atoms with Gasteiger partial charge >= 0.3 is 0 Å². The maximum Gasteiger partial charge on any atom is 0.124 e. The second-order valence-electron chi connectivity index (χ2n) is 3.31. The van der Waals surface area contributed by atoms with Crippen molar-refractivity contribution in [3.63, 3.8) is 0 Å². The van der Waals surface area contributed by atoms with Crippen LogP contribution >= 0.6 is 11.8 Å². The first-order chi connectivity index (χ1) is 7.63. The van der Waals surface area contributed by atoms with Crippen molar-refractivity contribution in [1.82, 2.24) is 0 Å². The Morgan fingerprint density at radius 3 is 3.00 bits per heavy atom. The van der Waals surface area contributed by atoms with Crippen molar-refractivity contribution in [1.29, 1.82) is 0 Å². The normalized spacial score (nSPS) is 12.7. The van der Waals surface area contributed by atoms with Gasteiger partial charge in [-0.1, -0.05) is 0 Å². The first-order valence-corrected chi connectivity index (χ1v) is 6.05. The van der Waals surface area contributed by atoms with E-state index in [2.05, 4.69) is 0 Å². The Labute approximate surface area is 98.8 Å². The fourth-order valence-corrected chi connectivity index (χ4v) is 2.02. The lowest BCUT2D eigenvalue weighted by Gasteiger charge is -2.11. The van der Waals surface area contributed by atoms with Crippen LogP contribution in [0.15, 0.2) is 23.1 Å². The Hall–Kier alpha value is -0.780. The van der Waals surface area contributed by atoms with Crippen LogP contribution in [0.4, 0.5) is 10.1 Å². The largest absolute Gasteiger partial charge is 0.398 e. The van der Waals surface area contributed by atoms with Crippen LogP contribution in [0.2, 0.25) is 0 Å². The summed E-state index contributed by atoms with van der Waals surface area (Å²) in [4.78, 5) is 0.649. The molecule has 0 heterocycles. The van der Waals surface area contributed by atoms with Crippen LogP contribution in [0.25, 0.3) is 0 Å². The van der Waals surface area contributed by atoms with E-state index in [1.165, 1.54) is 30.0 Å². The lowest BCUT2D eigenvalue weighted by Crippen LogP contribution is -2.17. The third-order valence-corrected chi connectivity index (χ3v) is 3.14. The summed E-state index contributed by atoms with van der Waals surface area (Å²) < 4.78 is 18.0. The number of hydrogen-bond donors (Lipinski definition) is 2. The molecule has 0 aliphatic rings. The average Bonchev–Trinajstić information content (AvgIpc) is 2.27. The summed E-state index contributed by atoms with van der Waals surface area (Å²) in [7, 11) is 0. The number of hydrogen-bond acceptors (Lipinski definition) is 4. The zero-order valence-electron chi connectivity index (χ0n) is 9.15. The molecule has 16 heavy (non-hydrogen) atoms. The third-order valence-electron chi connectivity index (χ3n) is 1.92. The molecule has 0 saturated heterocycles. The highest BCUT2D eigenvalue weighted by molar-refractivity contribution is 7.99. The van der Waals surface area contributed by atoms with Crippen LogP contribution in [0.1, 0.15) is 6.92 Å². The molecule has 0 radical (unpaired) electrons. The zero-order chi connectivity index (χ0) is 12.0. The number of aliphatic hydroxyl groups excluding tert-OH is 1. The van der Waals surface area contributed by atoms with Crippen molar-refractivity contribution in [2.75, 3.05) is 24.7 Å². The van der Waals surface area contributed by atoms with Gasteiger partial charge in [0.15, 0.2) is 0 Å². The van der Waals surface area contributed by atoms with Crippen LogP contribution in [0, 0.1) is 5.82 Å². The second-order valence-corrected chi connectivity index (χ2v) is 4.37. The molecule has 1 aromatic carbocycles. The van der Waals surface area contributed by atoms with Crippen molar-refractivity contribution in [3.05, 3.63) is 24.0 Å². The Balaban J connectivity index is 2.44. The topological polar surface area (TPSA) is 55.5 Å². The maximum atomic E-state index is 12.9. The van der Waals surface area contributed by atoms with Crippen molar-refractivity contribution in [3.8, 4) is 0 Å². The van der Waals surface area contributed by atoms with Gasteiger partial charge in [0.25, 0.3) is 0 Å². The fourth-order valence-electron chi connectivity index (χ4n) is 1.12. The number of anilines is 1. The molecule has 3 N–H and O–H groups in total. The second kappa shape index (κ2) is 6.73. The van der Waals surface area contributed by atoms with E-state index < -0.39 is 6.10 Å². The number of rotatable bonds is 6. The van der Waals surface area contributed by atoms with Crippen molar-refractivity contribution in [2.24, 2.45) is 0 Å². The molecule has 0 amide bonds. The van der Waals surface area contributed by atoms with Gasteiger partial charge in [0.2, 0.25) is 0 Å². The van der Waals surface area contributed by atoms with Gasteiger partial charge in [0.1, 0.15) is 5.82 Å². The molecule has 0 aliphatic heterocycles. The molecule has 1 rings (SSSR count). The Morgan fingerprint density at radius 1 is 1.56 bits per heavy atom. The van der Waals surface area contributed by atoms with Gasteiger partial charge in [-0.05, 0) is 25.1 Å². The van der Waals surface area contributed by atoms with E-state index in [-0.39, 0.29) is 5.82 Å². The van der Waals surface area contributed by atoms with Gasteiger partial charge in [-0.15, -0.1) is 11.8 Å². The maximum absolute atomic E-state index is 12.9. The highest BCUT2D eigenvalue weighted by Crippen LogP contribution is 2.26. The smallest absolute Gasteiger partial charge is 0.124 e. The van der Waals surface area contributed by atoms with E-state index >= 15 is 0 Å². The molecule has 1 unspecified atom stereocenters. The van der Waals surface area contributed by atoms with E-state index in [1.807, 2.05) is 6.92 Å². The summed E-state index contributed by atoms with van der Waals surface area (Å²) in [6, 6.07) is 4.20. The molecule has 0 aliphatic carbocycles. The van der Waals surface area contributed by atoms with Crippen molar-refractivity contribution >= 4 is 17.4 Å². The first-order valence-electron chi connectivity index (χ1n) is 5.07. The van der Waals surface area contributed by atoms with E-state index in [0.717, 1.165) is 0 Å². The van der Waals surface area contributed by atoms with Gasteiger partial charge < -0.3 is 15.6 Å². The van der Waals surface area contributed by atoms with Crippen LogP contribution in [-0.4, -0.2) is 30.2 Å². The standard InChI is InChI=1S/C11H16FNO2S/c1-2-15-6-9(14)7-16-11-5-8(12)3-4-10(11)13/h3-5,9,14H,2,6-7,13H2,1H3. The predicted octanol–water partition coefficient (Wildman–Crippen LogP) is 1.90. The lowest BCUT2D eigenvalue weighted by atomic mass is 10.3. The molecule has 0 aromatic heterocycles. The van der Waals surface area contributed by atoms with E-state index in [4.69, 9.17) is 10.5 Å². The summed E-state index contributed by atoms with van der Waals surface area (Å²) in [6.07, 6.45) is -0.562. The Morgan fingerprint density at radius 2 is 2.31 bits per heavy atom. The molecule has 3 nitrogen and oxygen atoms in total. The monoisotopic (exact) mass is 245 g/mol. The van der Waals surface area contributed by atoms with Gasteiger partial charge in [-0.3, -0.25) is 0 Å². The number of aliphatic hydroxyl groups is 1. The SMILES string of the molecule is CCOCC(O)CSc1cc(F)ccc1N. The summed E-state index contributed by atoms with van der Waals surface area (Å²) >= 11 is 1.32. The minimum atomic E-state index is -0.562. The molecular formula is C11H16FNO2S. The van der Waals surface area contributed by atoms with Gasteiger partial charge in [0, 0.05) is 22.9 Å². The van der Waals surface area contributed by atoms with E-state index in [9.17, 15) is 9.50 Å². The van der Waals surface area contributed by atoms with E-state index in [1.54, 1.807) is 0 Å². The molecule has 0 fully saturated rings. The van der Waals surface area contributed by atoms with Crippen molar-refractivity contribution < 1.29 is 14.2 Å². The number of benzene rings is 1. The molecule has 0 spiro atoms. The Kier molecular flexibility index (Phi) is 5.59. The highest BCUT2D eigenvalue weighted by Gasteiger charge is 2.07. The van der Waals surface area contributed by atoms with Crippen molar-refractivity contribution in [2.45, 2.75) is 17.9 Å². The fraction of sp³-hybridized carbons (Fsp3) is 0.455. The lowest BCUT2D eigenvalue weighted by molar-refractivity contribution is 0.0551. The molecule has 1 aromatic rings. The molecule has 90 valence electrons. The number of nitrogen functional groups attached to an aromatic ring is 1. The number of halogens is 1. The quantitative estimate of drug-likeness (QED) is 0.593. The summed E-state index contributed by atoms with van der Waals surface area (Å²) in [6.45, 7) is 2.73. The van der Waals surface area contributed by atoms with Gasteiger partial charge in [-0.2, -0.15) is 0 Å². The number of nitrogens with two attached hydrogens (primary N) is 1. The average molecular weight is 245 g/mol. The first kappa shape index (κ1) is 13.3. The molecule has 5 heteroatoms. The minimum Gasteiger partial charge on any atom is -0.398 e. The van der Waals surface area contributed by atoms with E-state index in [0.29, 0.717) is 29.5 Å². The summed E-state index contributed by atoms with van der Waals surface area (Å²) in [5.74, 6) is 0.115. The Bertz CT molecular complexity index is 336. The molecule has 0 bridgehead atoms. The third kappa shape index (κ3) is 4.38. The molecule has 1 atom stereocenters. The molecular weight excluding hydrogens is 229 g/mol. The minimum absolute atomic E-state index is 0.290. The molecule has 0 saturated carbocycles. The van der Waals surface area contributed by atoms with Gasteiger partial charge in [0.05, 0.1) is 12.7 Å². The number of thioether (sulfide) groups is 1. The number of ether oxygens (including phenoxy) is 1. The van der Waals surface area contributed by atoms with Crippen LogP contribution in [0.3, 0.4) is 0 Å². The van der Waals surface area contributed by atoms with Crippen LogP contribution in [-0.2, 0) is 4.74 Å². The summed E-state index contributed by atoms with van der Waals surface area (Å²) in [5.41, 5.74) is 6.20. The van der Waals surface area contributed by atoms with Crippen LogP contribution < -0.4 is 5.73 Å². The van der Waals surface area contributed by atoms with Gasteiger partial charge in [-0.25, -0.2) is 4.39 Å². The van der Waals surface area contributed by atoms with Crippen LogP contribution in [0.5, 0.6) is 0 Å². The predicted molar refractivity (Wildman–Crippen MR) is 64.0 cm³/mol. The zero-order valence-corrected chi connectivity index (χ0v) is 9.97. The highest BCUT2D eigenvalue weighted by atomic mass is 32.2.